The van der Waals surface area contributed by atoms with Gasteiger partial charge in [0.2, 0.25) is 0 Å². The van der Waals surface area contributed by atoms with Crippen LogP contribution in [-0.2, 0) is 0 Å². The second kappa shape index (κ2) is 12.0. The Morgan fingerprint density at radius 1 is 0.635 bits per heavy atom. The van der Waals surface area contributed by atoms with Gasteiger partial charge in [0.1, 0.15) is 0 Å². The average molecular weight is 684 g/mol. The van der Waals surface area contributed by atoms with E-state index in [9.17, 15) is 0 Å². The largest absolute Gasteiger partial charge is 0.309 e. The standard InChI is InChI=1S/C46H33N5Si/c1-29-38(27-39(47-2)30-21-23-36-34-17-9-11-19-40(34)50(42(36)25-30)32-13-5-3-6-14-32)45-44(52-29)28-48-46(49-45)31-22-24-37-35-18-10-12-20-41(35)51(43(37)26-31)33-15-7-4-8-16-33/h3-28H,2,52H2,1H3/b39-27-. The topological polar surface area (TPSA) is 48.0 Å². The predicted molar refractivity (Wildman–Crippen MR) is 221 cm³/mol. The molecule has 0 radical (unpaired) electrons. The summed E-state index contributed by atoms with van der Waals surface area (Å²) < 4.78 is 4.67. The van der Waals surface area contributed by atoms with Gasteiger partial charge in [-0.3, -0.25) is 4.99 Å². The van der Waals surface area contributed by atoms with Crippen molar-refractivity contribution in [3.05, 3.63) is 174 Å². The lowest BCUT2D eigenvalue weighted by Crippen LogP contribution is -2.16. The van der Waals surface area contributed by atoms with Gasteiger partial charge in [-0.05, 0) is 79.0 Å². The van der Waals surface area contributed by atoms with Crippen molar-refractivity contribution in [2.75, 3.05) is 0 Å². The number of allylic oxidation sites excluding steroid dienone is 3. The molecule has 1 aliphatic rings. The normalized spacial score (nSPS) is 13.6. The molecule has 6 aromatic carbocycles. The van der Waals surface area contributed by atoms with Gasteiger partial charge in [-0.2, -0.15) is 0 Å². The molecule has 0 amide bonds. The minimum atomic E-state index is -0.701. The molecule has 1 aliphatic heterocycles. The first-order valence-electron chi connectivity index (χ1n) is 17.6. The highest BCUT2D eigenvalue weighted by molar-refractivity contribution is 6.66. The van der Waals surface area contributed by atoms with Crippen molar-refractivity contribution in [2.45, 2.75) is 6.92 Å². The van der Waals surface area contributed by atoms with Gasteiger partial charge < -0.3 is 9.13 Å². The molecule has 0 bridgehead atoms. The van der Waals surface area contributed by atoms with E-state index in [1.54, 1.807) is 0 Å². The monoisotopic (exact) mass is 683 g/mol. The fraction of sp³-hybridized carbons (Fsp3) is 0.0217. The first kappa shape index (κ1) is 30.2. The molecule has 0 fully saturated rings. The number of hydrogen-bond donors (Lipinski definition) is 0. The Morgan fingerprint density at radius 3 is 1.83 bits per heavy atom. The van der Waals surface area contributed by atoms with Gasteiger partial charge in [0, 0.05) is 50.2 Å². The zero-order chi connectivity index (χ0) is 34.8. The first-order valence-corrected chi connectivity index (χ1v) is 19.0. The molecule has 52 heavy (non-hydrogen) atoms. The van der Waals surface area contributed by atoms with Crippen molar-refractivity contribution in [2.24, 2.45) is 4.99 Å². The highest BCUT2D eigenvalue weighted by Gasteiger charge is 2.23. The van der Waals surface area contributed by atoms with Crippen LogP contribution in [0, 0.1) is 0 Å². The molecule has 246 valence electrons. The Balaban J connectivity index is 1.08. The summed E-state index contributed by atoms with van der Waals surface area (Å²) in [6, 6.07) is 51.5. The minimum Gasteiger partial charge on any atom is -0.309 e. The number of fused-ring (bicyclic) bond motifs is 7. The van der Waals surface area contributed by atoms with Crippen molar-refractivity contribution in [3.63, 3.8) is 0 Å². The minimum absolute atomic E-state index is 0.701. The van der Waals surface area contributed by atoms with Crippen molar-refractivity contribution < 1.29 is 0 Å². The van der Waals surface area contributed by atoms with Crippen molar-refractivity contribution >= 4 is 76.3 Å². The number of aliphatic imine (C=N–C) groups is 1. The molecule has 0 spiro atoms. The molecule has 0 N–H and O–H groups in total. The third-order valence-corrected chi connectivity index (χ3v) is 12.2. The van der Waals surface area contributed by atoms with Crippen LogP contribution in [0.25, 0.3) is 77.6 Å². The fourth-order valence-electron chi connectivity index (χ4n) is 7.99. The summed E-state index contributed by atoms with van der Waals surface area (Å²) in [6.45, 7) is 6.27. The number of para-hydroxylation sites is 4. The summed E-state index contributed by atoms with van der Waals surface area (Å²) >= 11 is 0. The van der Waals surface area contributed by atoms with E-state index in [-0.39, 0.29) is 0 Å². The second-order valence-corrected chi connectivity index (χ2v) is 15.6. The smallest absolute Gasteiger partial charge is 0.159 e. The lowest BCUT2D eigenvalue weighted by Gasteiger charge is -2.10. The molecule has 6 heteroatoms. The molecule has 0 saturated carbocycles. The molecule has 9 aromatic rings. The van der Waals surface area contributed by atoms with Crippen LogP contribution in [-0.4, -0.2) is 35.3 Å². The third-order valence-electron chi connectivity index (χ3n) is 10.4. The average Bonchev–Trinajstić information content (AvgIpc) is 3.83. The molecule has 0 aliphatic carbocycles. The molecular weight excluding hydrogens is 651 g/mol. The molecule has 10 rings (SSSR count). The summed E-state index contributed by atoms with van der Waals surface area (Å²) in [4.78, 5) is 14.8. The SMILES string of the molecule is C=N/C(=C\C1=C(C)[SiH2]c2cnc(-c3ccc4c5ccccc5n(-c5ccccc5)c4c3)nc21)c1ccc2c3ccccc3n(-c3ccccc3)c2c1. The van der Waals surface area contributed by atoms with Crippen molar-refractivity contribution in [1.29, 1.82) is 0 Å². The fourth-order valence-corrected chi connectivity index (χ4v) is 9.64. The summed E-state index contributed by atoms with van der Waals surface area (Å²) in [5.41, 5.74) is 11.9. The van der Waals surface area contributed by atoms with Gasteiger partial charge in [0.05, 0.1) is 43.0 Å². The first-order chi connectivity index (χ1) is 25.7. The maximum absolute atomic E-state index is 5.28. The van der Waals surface area contributed by atoms with Crippen LogP contribution in [0.1, 0.15) is 18.2 Å². The van der Waals surface area contributed by atoms with E-state index >= 15 is 0 Å². The number of benzene rings is 6. The molecule has 4 heterocycles. The Bertz CT molecular complexity index is 2950. The molecule has 0 saturated heterocycles. The van der Waals surface area contributed by atoms with E-state index in [4.69, 9.17) is 9.97 Å². The van der Waals surface area contributed by atoms with Crippen molar-refractivity contribution in [3.8, 4) is 22.8 Å². The number of rotatable bonds is 6. The lowest BCUT2D eigenvalue weighted by atomic mass is 10.0. The Kier molecular flexibility index (Phi) is 6.98. The highest BCUT2D eigenvalue weighted by Crippen LogP contribution is 2.37. The van der Waals surface area contributed by atoms with Gasteiger partial charge in [-0.25, -0.2) is 9.97 Å². The van der Waals surface area contributed by atoms with Gasteiger partial charge in [0.25, 0.3) is 0 Å². The molecule has 0 unspecified atom stereocenters. The molecule has 3 aromatic heterocycles. The quantitative estimate of drug-likeness (QED) is 0.130. The van der Waals surface area contributed by atoms with Crippen LogP contribution in [0.15, 0.2) is 168 Å². The van der Waals surface area contributed by atoms with Crippen LogP contribution in [0.2, 0.25) is 0 Å². The zero-order valence-electron chi connectivity index (χ0n) is 28.7. The van der Waals surface area contributed by atoms with Crippen molar-refractivity contribution in [1.82, 2.24) is 19.1 Å². The van der Waals surface area contributed by atoms with Crippen LogP contribution >= 0.6 is 0 Å². The summed E-state index contributed by atoms with van der Waals surface area (Å²) in [5.74, 6) is 0.724. The summed E-state index contributed by atoms with van der Waals surface area (Å²) in [5, 5.41) is 7.51. The predicted octanol–water partition coefficient (Wildman–Crippen LogP) is 9.62. The highest BCUT2D eigenvalue weighted by atomic mass is 28.2. The van der Waals surface area contributed by atoms with E-state index in [1.165, 1.54) is 43.0 Å². The Labute approximate surface area is 303 Å². The van der Waals surface area contributed by atoms with Crippen LogP contribution in [0.4, 0.5) is 0 Å². The second-order valence-electron chi connectivity index (χ2n) is 13.5. The number of nitrogens with zero attached hydrogens (tertiary/aromatic N) is 5. The Morgan fingerprint density at radius 2 is 1.19 bits per heavy atom. The Hall–Kier alpha value is -6.63. The van der Waals surface area contributed by atoms with Gasteiger partial charge in [0.15, 0.2) is 5.82 Å². The molecule has 0 atom stereocenters. The number of aromatic nitrogens is 4. The van der Waals surface area contributed by atoms with Gasteiger partial charge >= 0.3 is 0 Å². The van der Waals surface area contributed by atoms with E-state index in [1.807, 2.05) is 0 Å². The van der Waals surface area contributed by atoms with E-state index in [0.29, 0.717) is 0 Å². The van der Waals surface area contributed by atoms with E-state index in [0.717, 1.165) is 56.3 Å². The van der Waals surface area contributed by atoms with E-state index < -0.39 is 9.52 Å². The summed E-state index contributed by atoms with van der Waals surface area (Å²) in [7, 11) is -0.701. The van der Waals surface area contributed by atoms with Gasteiger partial charge in [-0.1, -0.05) is 102 Å². The maximum Gasteiger partial charge on any atom is 0.159 e. The zero-order valence-corrected chi connectivity index (χ0v) is 30.1. The van der Waals surface area contributed by atoms with Crippen LogP contribution < -0.4 is 5.19 Å². The lowest BCUT2D eigenvalue weighted by molar-refractivity contribution is 1.16. The van der Waals surface area contributed by atoms with Crippen LogP contribution in [0.5, 0.6) is 0 Å². The molecular formula is C46H33N5Si. The maximum atomic E-state index is 5.28. The summed E-state index contributed by atoms with van der Waals surface area (Å²) in [6.07, 6.45) is 4.24. The van der Waals surface area contributed by atoms with E-state index in [2.05, 4.69) is 186 Å². The van der Waals surface area contributed by atoms with Crippen LogP contribution in [0.3, 0.4) is 0 Å². The van der Waals surface area contributed by atoms with Gasteiger partial charge in [-0.15, -0.1) is 0 Å². The third kappa shape index (κ3) is 4.72. The molecule has 5 nitrogen and oxygen atoms in total. The number of hydrogen-bond acceptors (Lipinski definition) is 3.